The normalized spacial score (nSPS) is 14.7. The van der Waals surface area contributed by atoms with Crippen molar-refractivity contribution < 1.29 is 17.9 Å². The van der Waals surface area contributed by atoms with E-state index in [1.54, 1.807) is 13.3 Å². The Morgan fingerprint density at radius 1 is 1.14 bits per heavy atom. The molecule has 4 aromatic rings. The molecular weight excluding hydrogens is 504 g/mol. The van der Waals surface area contributed by atoms with Crippen LogP contribution >= 0.6 is 22.7 Å². The summed E-state index contributed by atoms with van der Waals surface area (Å²) in [6.45, 7) is 1.05. The van der Waals surface area contributed by atoms with Crippen molar-refractivity contribution in [2.24, 2.45) is 5.10 Å². The first-order chi connectivity index (χ1) is 17.0. The SMILES string of the molecule is COc1ccc2nc(N(/N=C/c3cccs3)C(=O)c3ccc(S(=O)(=O)N4CCCC4)cc3)sc2c1. The highest BCUT2D eigenvalue weighted by Gasteiger charge is 2.28. The summed E-state index contributed by atoms with van der Waals surface area (Å²) in [5.74, 6) is 0.288. The zero-order valence-electron chi connectivity index (χ0n) is 18.8. The van der Waals surface area contributed by atoms with Crippen LogP contribution in [0.5, 0.6) is 5.75 Å². The van der Waals surface area contributed by atoms with Crippen LogP contribution < -0.4 is 9.75 Å². The summed E-state index contributed by atoms with van der Waals surface area (Å²) in [7, 11) is -1.96. The van der Waals surface area contributed by atoms with Crippen molar-refractivity contribution in [2.45, 2.75) is 17.7 Å². The quantitative estimate of drug-likeness (QED) is 0.254. The van der Waals surface area contributed by atoms with Gasteiger partial charge in [-0.15, -0.1) is 11.3 Å². The van der Waals surface area contributed by atoms with Gasteiger partial charge >= 0.3 is 0 Å². The van der Waals surface area contributed by atoms with Crippen LogP contribution in [0.3, 0.4) is 0 Å². The first-order valence-corrected chi connectivity index (χ1v) is 14.1. The second-order valence-electron chi connectivity index (χ2n) is 7.84. The highest BCUT2D eigenvalue weighted by Crippen LogP contribution is 2.32. The molecule has 1 fully saturated rings. The van der Waals surface area contributed by atoms with E-state index >= 15 is 0 Å². The van der Waals surface area contributed by atoms with Gasteiger partial charge in [-0.1, -0.05) is 17.4 Å². The van der Waals surface area contributed by atoms with E-state index in [1.807, 2.05) is 35.7 Å². The van der Waals surface area contributed by atoms with E-state index in [0.717, 1.165) is 27.9 Å². The molecule has 0 bridgehead atoms. The molecule has 8 nitrogen and oxygen atoms in total. The lowest BCUT2D eigenvalue weighted by atomic mass is 10.2. The molecule has 0 unspecified atom stereocenters. The van der Waals surface area contributed by atoms with E-state index in [4.69, 9.17) is 4.74 Å². The van der Waals surface area contributed by atoms with Gasteiger partial charge in [-0.3, -0.25) is 4.79 Å². The predicted octanol–water partition coefficient (Wildman–Crippen LogP) is 4.83. The molecule has 0 aliphatic carbocycles. The number of aromatic nitrogens is 1. The number of fused-ring (bicyclic) bond motifs is 1. The Hall–Kier alpha value is -3.12. The number of amides is 1. The Morgan fingerprint density at radius 2 is 1.91 bits per heavy atom. The number of anilines is 1. The molecule has 0 atom stereocenters. The van der Waals surface area contributed by atoms with Crippen LogP contribution in [0, 0.1) is 0 Å². The van der Waals surface area contributed by atoms with E-state index in [1.165, 1.54) is 56.3 Å². The van der Waals surface area contributed by atoms with E-state index in [0.29, 0.717) is 29.5 Å². The van der Waals surface area contributed by atoms with Crippen molar-refractivity contribution in [1.82, 2.24) is 9.29 Å². The number of carbonyl (C=O) groups excluding carboxylic acids is 1. The van der Waals surface area contributed by atoms with Gasteiger partial charge in [0.05, 0.1) is 28.4 Å². The minimum absolute atomic E-state index is 0.177. The number of thiophene rings is 1. The molecule has 0 radical (unpaired) electrons. The largest absolute Gasteiger partial charge is 0.497 e. The molecule has 2 aromatic carbocycles. The summed E-state index contributed by atoms with van der Waals surface area (Å²) in [6.07, 6.45) is 3.34. The van der Waals surface area contributed by atoms with Gasteiger partial charge in [0.1, 0.15) is 5.75 Å². The Balaban J connectivity index is 1.48. The summed E-state index contributed by atoms with van der Waals surface area (Å²) >= 11 is 2.82. The maximum Gasteiger partial charge on any atom is 0.280 e. The molecule has 2 aromatic heterocycles. The van der Waals surface area contributed by atoms with Gasteiger partial charge in [-0.05, 0) is 66.8 Å². The van der Waals surface area contributed by atoms with Crippen molar-refractivity contribution in [3.05, 3.63) is 70.4 Å². The van der Waals surface area contributed by atoms with E-state index in [2.05, 4.69) is 10.1 Å². The number of methoxy groups -OCH3 is 1. The second-order valence-corrected chi connectivity index (χ2v) is 11.8. The fraction of sp³-hybridized carbons (Fsp3) is 0.208. The number of carbonyl (C=O) groups is 1. The Kier molecular flexibility index (Phi) is 6.65. The van der Waals surface area contributed by atoms with Crippen LogP contribution in [0.4, 0.5) is 5.13 Å². The molecule has 0 N–H and O–H groups in total. The zero-order valence-corrected chi connectivity index (χ0v) is 21.3. The van der Waals surface area contributed by atoms with Crippen molar-refractivity contribution in [1.29, 1.82) is 0 Å². The molecule has 180 valence electrons. The predicted molar refractivity (Wildman–Crippen MR) is 139 cm³/mol. The Bertz CT molecular complexity index is 1470. The molecule has 11 heteroatoms. The standard InChI is InChI=1S/C24H22N4O4S3/c1-32-18-8-11-21-22(15-18)34-24(26-21)28(25-16-19-5-4-14-33-19)23(29)17-6-9-20(10-7-17)35(30,31)27-12-2-3-13-27/h4-11,14-16H,2-3,12-13H2,1H3/b25-16+. The molecule has 1 aliphatic heterocycles. The first kappa shape index (κ1) is 23.6. The number of hydrogen-bond donors (Lipinski definition) is 0. The molecule has 0 spiro atoms. The summed E-state index contributed by atoms with van der Waals surface area (Å²) in [6, 6.07) is 15.3. The maximum absolute atomic E-state index is 13.5. The number of sulfonamides is 1. The molecule has 1 amide bonds. The minimum Gasteiger partial charge on any atom is -0.497 e. The summed E-state index contributed by atoms with van der Waals surface area (Å²) < 4.78 is 33.3. The molecule has 35 heavy (non-hydrogen) atoms. The number of nitrogens with zero attached hydrogens (tertiary/aromatic N) is 4. The van der Waals surface area contributed by atoms with Gasteiger partial charge in [0, 0.05) is 23.5 Å². The summed E-state index contributed by atoms with van der Waals surface area (Å²) in [5, 5.41) is 8.03. The lowest BCUT2D eigenvalue weighted by Crippen LogP contribution is -2.28. The maximum atomic E-state index is 13.5. The van der Waals surface area contributed by atoms with Crippen molar-refractivity contribution >= 4 is 60.2 Å². The fourth-order valence-corrected chi connectivity index (χ4v) is 6.79. The third kappa shape index (κ3) is 4.85. The number of hydrogen-bond acceptors (Lipinski definition) is 8. The second kappa shape index (κ2) is 9.86. The van der Waals surface area contributed by atoms with E-state index in [9.17, 15) is 13.2 Å². The third-order valence-corrected chi connectivity index (χ3v) is 9.32. The highest BCUT2D eigenvalue weighted by atomic mass is 32.2. The monoisotopic (exact) mass is 526 g/mol. The van der Waals surface area contributed by atoms with Gasteiger partial charge in [-0.25, -0.2) is 13.4 Å². The van der Waals surface area contributed by atoms with Gasteiger partial charge in [-0.2, -0.15) is 14.4 Å². The first-order valence-electron chi connectivity index (χ1n) is 10.9. The lowest BCUT2D eigenvalue weighted by Gasteiger charge is -2.16. The number of ether oxygens (including phenoxy) is 1. The number of thiazole rings is 1. The van der Waals surface area contributed by atoms with E-state index < -0.39 is 15.9 Å². The van der Waals surface area contributed by atoms with Gasteiger partial charge in [0.2, 0.25) is 15.2 Å². The van der Waals surface area contributed by atoms with Gasteiger partial charge in [0.15, 0.2) is 0 Å². The van der Waals surface area contributed by atoms with Crippen LogP contribution in [0.15, 0.2) is 70.0 Å². The highest BCUT2D eigenvalue weighted by molar-refractivity contribution is 7.89. The number of rotatable bonds is 7. The van der Waals surface area contributed by atoms with E-state index in [-0.39, 0.29) is 4.90 Å². The summed E-state index contributed by atoms with van der Waals surface area (Å²) in [4.78, 5) is 19.2. The third-order valence-electron chi connectivity index (χ3n) is 5.61. The molecule has 5 rings (SSSR count). The smallest absolute Gasteiger partial charge is 0.280 e. The van der Waals surface area contributed by atoms with Crippen molar-refractivity contribution in [2.75, 3.05) is 25.2 Å². The topological polar surface area (TPSA) is 92.2 Å². The van der Waals surface area contributed by atoms with Crippen LogP contribution in [0.25, 0.3) is 10.2 Å². The zero-order chi connectivity index (χ0) is 24.4. The van der Waals surface area contributed by atoms with Crippen molar-refractivity contribution in [3.8, 4) is 5.75 Å². The fourth-order valence-electron chi connectivity index (χ4n) is 3.75. The molecular formula is C24H22N4O4S3. The molecule has 3 heterocycles. The van der Waals surface area contributed by atoms with Gasteiger partial charge < -0.3 is 4.74 Å². The lowest BCUT2D eigenvalue weighted by molar-refractivity contribution is 0.0987. The summed E-state index contributed by atoms with van der Waals surface area (Å²) in [5.41, 5.74) is 1.03. The average Bonchev–Trinajstić information content (AvgIpc) is 3.66. The van der Waals surface area contributed by atoms with Crippen LogP contribution in [-0.4, -0.2) is 50.0 Å². The molecule has 0 saturated carbocycles. The number of benzene rings is 2. The van der Waals surface area contributed by atoms with Crippen LogP contribution in [0.2, 0.25) is 0 Å². The average molecular weight is 527 g/mol. The Morgan fingerprint density at radius 3 is 2.60 bits per heavy atom. The Labute approximate surface area is 211 Å². The van der Waals surface area contributed by atoms with Gasteiger partial charge in [0.25, 0.3) is 5.91 Å². The molecule has 1 aliphatic rings. The minimum atomic E-state index is -3.56. The van der Waals surface area contributed by atoms with Crippen molar-refractivity contribution in [3.63, 3.8) is 0 Å². The van der Waals surface area contributed by atoms with Crippen LogP contribution in [-0.2, 0) is 10.0 Å². The molecule has 1 saturated heterocycles. The van der Waals surface area contributed by atoms with Crippen LogP contribution in [0.1, 0.15) is 28.1 Å². The number of hydrazone groups is 1.